The average Bonchev–Trinajstić information content (AvgIpc) is 2.33. The first-order chi connectivity index (χ1) is 9.24. The molecule has 0 radical (unpaired) electrons. The Labute approximate surface area is 123 Å². The lowest BCUT2D eigenvalue weighted by atomic mass is 10.2. The van der Waals surface area contributed by atoms with Gasteiger partial charge in [-0.1, -0.05) is 11.6 Å². The summed E-state index contributed by atoms with van der Waals surface area (Å²) in [5.41, 5.74) is -0.199. The summed E-state index contributed by atoms with van der Waals surface area (Å²) in [4.78, 5) is 10.9. The van der Waals surface area contributed by atoms with Gasteiger partial charge in [0, 0.05) is 0 Å². The number of ether oxygens (including phenoxy) is 3. The predicted octanol–water partition coefficient (Wildman–Crippen LogP) is 3.24. The van der Waals surface area contributed by atoms with E-state index in [0.29, 0.717) is 19.0 Å². The van der Waals surface area contributed by atoms with E-state index >= 15 is 0 Å². The highest BCUT2D eigenvalue weighted by Crippen LogP contribution is 2.36. The standard InChI is InChI=1S/C14H19ClO5/c1-14(2,3)20-6-5-19-12-10(15)7-9(13(16)17)8-11(12)18-4/h7-8H,5-6H2,1-4H3,(H,16,17). The zero-order chi connectivity index (χ0) is 15.3. The van der Waals surface area contributed by atoms with E-state index in [-0.39, 0.29) is 21.9 Å². The minimum absolute atomic E-state index is 0.0464. The molecule has 1 N–H and O–H groups in total. The van der Waals surface area contributed by atoms with Crippen molar-refractivity contribution in [1.82, 2.24) is 0 Å². The van der Waals surface area contributed by atoms with Crippen LogP contribution >= 0.6 is 11.6 Å². The van der Waals surface area contributed by atoms with E-state index in [1.165, 1.54) is 19.2 Å². The molecule has 20 heavy (non-hydrogen) atoms. The second kappa shape index (κ2) is 6.81. The maximum absolute atomic E-state index is 10.9. The van der Waals surface area contributed by atoms with Gasteiger partial charge in [-0.3, -0.25) is 0 Å². The third kappa shape index (κ3) is 4.90. The lowest BCUT2D eigenvalue weighted by Gasteiger charge is -2.20. The molecule has 0 saturated carbocycles. The van der Waals surface area contributed by atoms with Crippen LogP contribution in [0.2, 0.25) is 5.02 Å². The van der Waals surface area contributed by atoms with Crippen molar-refractivity contribution in [3.05, 3.63) is 22.7 Å². The van der Waals surface area contributed by atoms with Crippen molar-refractivity contribution in [2.75, 3.05) is 20.3 Å². The van der Waals surface area contributed by atoms with Crippen molar-refractivity contribution in [2.24, 2.45) is 0 Å². The molecule has 0 fully saturated rings. The van der Waals surface area contributed by atoms with Gasteiger partial charge in [0.05, 0.1) is 29.9 Å². The van der Waals surface area contributed by atoms with Crippen LogP contribution in [0.4, 0.5) is 0 Å². The van der Waals surface area contributed by atoms with Gasteiger partial charge in [-0.05, 0) is 32.9 Å². The molecule has 112 valence electrons. The van der Waals surface area contributed by atoms with Crippen molar-refractivity contribution in [2.45, 2.75) is 26.4 Å². The summed E-state index contributed by atoms with van der Waals surface area (Å²) in [5.74, 6) is -0.477. The Morgan fingerprint density at radius 1 is 1.30 bits per heavy atom. The number of aromatic carboxylic acids is 1. The first kappa shape index (κ1) is 16.6. The van der Waals surface area contributed by atoms with E-state index in [1.807, 2.05) is 20.8 Å². The Morgan fingerprint density at radius 3 is 2.45 bits per heavy atom. The molecule has 5 nitrogen and oxygen atoms in total. The minimum Gasteiger partial charge on any atom is -0.493 e. The third-order valence-corrected chi connectivity index (χ3v) is 2.62. The largest absolute Gasteiger partial charge is 0.493 e. The van der Waals surface area contributed by atoms with Gasteiger partial charge in [0.25, 0.3) is 0 Å². The zero-order valence-electron chi connectivity index (χ0n) is 12.0. The highest BCUT2D eigenvalue weighted by atomic mass is 35.5. The van der Waals surface area contributed by atoms with Crippen LogP contribution in [0, 0.1) is 0 Å². The normalized spacial score (nSPS) is 11.2. The molecule has 0 spiro atoms. The molecular formula is C14H19ClO5. The summed E-state index contributed by atoms with van der Waals surface area (Å²) in [6.45, 7) is 6.52. The number of hydrogen-bond donors (Lipinski definition) is 1. The molecule has 0 aliphatic carbocycles. The van der Waals surface area contributed by atoms with Crippen LogP contribution in [0.5, 0.6) is 11.5 Å². The van der Waals surface area contributed by atoms with Crippen molar-refractivity contribution in [1.29, 1.82) is 0 Å². The molecule has 1 aromatic rings. The fourth-order valence-corrected chi connectivity index (χ4v) is 1.74. The fourth-order valence-electron chi connectivity index (χ4n) is 1.47. The van der Waals surface area contributed by atoms with Crippen molar-refractivity contribution < 1.29 is 24.1 Å². The SMILES string of the molecule is COc1cc(C(=O)O)cc(Cl)c1OCCOC(C)(C)C. The van der Waals surface area contributed by atoms with Crippen molar-refractivity contribution in [3.8, 4) is 11.5 Å². The van der Waals surface area contributed by atoms with Gasteiger partial charge in [-0.2, -0.15) is 0 Å². The molecule has 0 heterocycles. The van der Waals surface area contributed by atoms with Gasteiger partial charge in [0.15, 0.2) is 11.5 Å². The topological polar surface area (TPSA) is 65.0 Å². The summed E-state index contributed by atoms with van der Waals surface area (Å²) in [6, 6.07) is 2.69. The Balaban J connectivity index is 2.77. The summed E-state index contributed by atoms with van der Waals surface area (Å²) in [5, 5.41) is 9.14. The minimum atomic E-state index is -1.08. The van der Waals surface area contributed by atoms with Crippen LogP contribution < -0.4 is 9.47 Å². The molecule has 0 atom stereocenters. The predicted molar refractivity (Wildman–Crippen MR) is 76.2 cm³/mol. The van der Waals surface area contributed by atoms with Crippen LogP contribution in [0.25, 0.3) is 0 Å². The maximum atomic E-state index is 10.9. The van der Waals surface area contributed by atoms with Crippen molar-refractivity contribution in [3.63, 3.8) is 0 Å². The second-order valence-corrected chi connectivity index (χ2v) is 5.51. The van der Waals surface area contributed by atoms with Crippen LogP contribution in [0.1, 0.15) is 31.1 Å². The van der Waals surface area contributed by atoms with E-state index in [0.717, 1.165) is 0 Å². The molecule has 0 saturated heterocycles. The molecule has 0 unspecified atom stereocenters. The molecule has 0 bridgehead atoms. The van der Waals surface area contributed by atoms with Crippen molar-refractivity contribution >= 4 is 17.6 Å². The Morgan fingerprint density at radius 2 is 1.95 bits per heavy atom. The lowest BCUT2D eigenvalue weighted by molar-refractivity contribution is -0.0165. The third-order valence-electron chi connectivity index (χ3n) is 2.34. The van der Waals surface area contributed by atoms with Crippen LogP contribution in [0.3, 0.4) is 0 Å². The second-order valence-electron chi connectivity index (χ2n) is 5.10. The summed E-state index contributed by atoms with van der Waals surface area (Å²) >= 11 is 6.02. The molecule has 0 aliphatic rings. The number of carboxylic acid groups (broad SMARTS) is 1. The van der Waals surface area contributed by atoms with E-state index in [2.05, 4.69) is 0 Å². The van der Waals surface area contributed by atoms with Gasteiger partial charge in [0.1, 0.15) is 6.61 Å². The quantitative estimate of drug-likeness (QED) is 0.817. The van der Waals surface area contributed by atoms with Crippen LogP contribution in [0.15, 0.2) is 12.1 Å². The number of methoxy groups -OCH3 is 1. The molecule has 1 rings (SSSR count). The Hall–Kier alpha value is -1.46. The number of halogens is 1. The summed E-state index contributed by atoms with van der Waals surface area (Å²) < 4.78 is 16.1. The number of carbonyl (C=O) groups is 1. The highest BCUT2D eigenvalue weighted by Gasteiger charge is 2.16. The van der Waals surface area contributed by atoms with E-state index < -0.39 is 5.97 Å². The fraction of sp³-hybridized carbons (Fsp3) is 0.500. The van der Waals surface area contributed by atoms with Crippen LogP contribution in [-0.2, 0) is 4.74 Å². The molecule has 0 aliphatic heterocycles. The molecule has 0 amide bonds. The number of benzene rings is 1. The van der Waals surface area contributed by atoms with Gasteiger partial charge in [-0.15, -0.1) is 0 Å². The van der Waals surface area contributed by atoms with Crippen LogP contribution in [-0.4, -0.2) is 37.0 Å². The van der Waals surface area contributed by atoms with Gasteiger partial charge in [-0.25, -0.2) is 4.79 Å². The zero-order valence-corrected chi connectivity index (χ0v) is 12.8. The maximum Gasteiger partial charge on any atom is 0.335 e. The van der Waals surface area contributed by atoms with Gasteiger partial charge < -0.3 is 19.3 Å². The van der Waals surface area contributed by atoms with Gasteiger partial charge >= 0.3 is 5.97 Å². The molecule has 6 heteroatoms. The smallest absolute Gasteiger partial charge is 0.335 e. The molecule has 1 aromatic carbocycles. The first-order valence-electron chi connectivity index (χ1n) is 6.12. The number of rotatable bonds is 6. The molecular weight excluding hydrogens is 284 g/mol. The Bertz CT molecular complexity index is 479. The number of carboxylic acids is 1. The summed E-state index contributed by atoms with van der Waals surface area (Å²) in [7, 11) is 1.43. The van der Waals surface area contributed by atoms with E-state index in [1.54, 1.807) is 0 Å². The number of hydrogen-bond acceptors (Lipinski definition) is 4. The highest BCUT2D eigenvalue weighted by molar-refractivity contribution is 6.32. The lowest BCUT2D eigenvalue weighted by Crippen LogP contribution is -2.22. The van der Waals surface area contributed by atoms with E-state index in [9.17, 15) is 4.79 Å². The molecule has 0 aromatic heterocycles. The van der Waals surface area contributed by atoms with Gasteiger partial charge in [0.2, 0.25) is 0 Å². The first-order valence-corrected chi connectivity index (χ1v) is 6.50. The summed E-state index contributed by atoms with van der Waals surface area (Å²) in [6.07, 6.45) is 0. The van der Waals surface area contributed by atoms with E-state index in [4.69, 9.17) is 30.9 Å². The average molecular weight is 303 g/mol. The Kier molecular flexibility index (Phi) is 5.65. The monoisotopic (exact) mass is 302 g/mol.